The minimum atomic E-state index is -0.352. The molecule has 0 amide bonds. The first-order valence-electron chi connectivity index (χ1n) is 8.23. The molecule has 0 radical (unpaired) electrons. The van der Waals surface area contributed by atoms with Crippen LogP contribution in [0.25, 0.3) is 0 Å². The molecule has 2 aromatic rings. The molecule has 4 nitrogen and oxygen atoms in total. The molecule has 1 aromatic carbocycles. The molecule has 0 saturated carbocycles. The van der Waals surface area contributed by atoms with E-state index in [9.17, 15) is 5.11 Å². The fraction of sp³-hybridized carbons (Fsp3) is 0.500. The van der Waals surface area contributed by atoms with Crippen molar-refractivity contribution in [2.24, 2.45) is 0 Å². The summed E-state index contributed by atoms with van der Waals surface area (Å²) in [4.78, 5) is 6.72. The second-order valence-corrected chi connectivity index (χ2v) is 6.15. The number of hydrogen-bond donors (Lipinski definition) is 1. The van der Waals surface area contributed by atoms with Crippen LogP contribution in [0.3, 0.4) is 0 Å². The van der Waals surface area contributed by atoms with E-state index >= 15 is 0 Å². The molecule has 1 N–H and O–H groups in total. The predicted octanol–water partition coefficient (Wildman–Crippen LogP) is 2.25. The lowest BCUT2D eigenvalue weighted by Crippen LogP contribution is -2.38. The van der Waals surface area contributed by atoms with Gasteiger partial charge in [0, 0.05) is 38.4 Å². The van der Waals surface area contributed by atoms with Gasteiger partial charge in [-0.25, -0.2) is 4.98 Å². The van der Waals surface area contributed by atoms with Crippen LogP contribution in [0.1, 0.15) is 30.3 Å². The van der Waals surface area contributed by atoms with Crippen LogP contribution >= 0.6 is 0 Å². The number of aromatic nitrogens is 2. The lowest BCUT2D eigenvalue weighted by atomic mass is 10.00. The monoisotopic (exact) mass is 299 g/mol. The number of aliphatic hydroxyl groups excluding tert-OH is 1. The number of rotatable bonds is 6. The molecule has 1 aliphatic rings. The summed E-state index contributed by atoms with van der Waals surface area (Å²) in [6, 6.07) is 8.62. The van der Waals surface area contributed by atoms with Gasteiger partial charge in [0.15, 0.2) is 0 Å². The van der Waals surface area contributed by atoms with Gasteiger partial charge in [-0.15, -0.1) is 0 Å². The van der Waals surface area contributed by atoms with Crippen LogP contribution in [-0.2, 0) is 25.9 Å². The summed E-state index contributed by atoms with van der Waals surface area (Å²) >= 11 is 0. The summed E-state index contributed by atoms with van der Waals surface area (Å²) in [5, 5.41) is 10.4. The average Bonchev–Trinajstić information content (AvgIpc) is 2.94. The maximum atomic E-state index is 10.4. The first-order valence-corrected chi connectivity index (χ1v) is 8.23. The van der Waals surface area contributed by atoms with Gasteiger partial charge < -0.3 is 9.67 Å². The fourth-order valence-electron chi connectivity index (χ4n) is 3.25. The standard InChI is InChI=1S/C18H25N3O/c1-2-5-18-19-9-11-21(18)14-17(22)13-20-10-8-15-6-3-4-7-16(15)12-20/h3-4,6-7,9,11,17,22H,2,5,8,10,12-14H2,1H3/t17-/m0/s1. The van der Waals surface area contributed by atoms with Crippen molar-refractivity contribution in [2.45, 2.75) is 45.4 Å². The van der Waals surface area contributed by atoms with Crippen molar-refractivity contribution in [3.63, 3.8) is 0 Å². The van der Waals surface area contributed by atoms with E-state index in [4.69, 9.17) is 0 Å². The minimum Gasteiger partial charge on any atom is -0.390 e. The highest BCUT2D eigenvalue weighted by atomic mass is 16.3. The van der Waals surface area contributed by atoms with Crippen molar-refractivity contribution in [3.8, 4) is 0 Å². The van der Waals surface area contributed by atoms with Crippen LogP contribution in [0, 0.1) is 0 Å². The third-order valence-corrected chi connectivity index (χ3v) is 4.36. The average molecular weight is 299 g/mol. The number of aryl methyl sites for hydroxylation is 1. The number of hydrogen-bond acceptors (Lipinski definition) is 3. The highest BCUT2D eigenvalue weighted by molar-refractivity contribution is 5.29. The minimum absolute atomic E-state index is 0.352. The number of imidazole rings is 1. The predicted molar refractivity (Wildman–Crippen MR) is 87.7 cm³/mol. The molecule has 0 spiro atoms. The Balaban J connectivity index is 1.56. The van der Waals surface area contributed by atoms with Gasteiger partial charge in [0.25, 0.3) is 0 Å². The van der Waals surface area contributed by atoms with Gasteiger partial charge in [0.1, 0.15) is 5.82 Å². The molecule has 118 valence electrons. The van der Waals surface area contributed by atoms with Crippen LogP contribution in [0.2, 0.25) is 0 Å². The maximum Gasteiger partial charge on any atom is 0.108 e. The second kappa shape index (κ2) is 7.07. The maximum absolute atomic E-state index is 10.4. The largest absolute Gasteiger partial charge is 0.390 e. The summed E-state index contributed by atoms with van der Waals surface area (Å²) in [5.74, 6) is 1.07. The summed E-state index contributed by atoms with van der Waals surface area (Å²) in [5.41, 5.74) is 2.85. The molecule has 2 heterocycles. The molecular formula is C18H25N3O. The molecule has 3 rings (SSSR count). The highest BCUT2D eigenvalue weighted by Gasteiger charge is 2.19. The van der Waals surface area contributed by atoms with Crippen molar-refractivity contribution in [3.05, 3.63) is 53.6 Å². The molecule has 0 saturated heterocycles. The van der Waals surface area contributed by atoms with Gasteiger partial charge in [-0.2, -0.15) is 0 Å². The van der Waals surface area contributed by atoms with Gasteiger partial charge in [0.05, 0.1) is 12.6 Å². The van der Waals surface area contributed by atoms with Gasteiger partial charge in [-0.05, 0) is 24.0 Å². The Morgan fingerprint density at radius 2 is 2.05 bits per heavy atom. The van der Waals surface area contributed by atoms with Crippen molar-refractivity contribution < 1.29 is 5.11 Å². The molecule has 0 unspecified atom stereocenters. The molecule has 22 heavy (non-hydrogen) atoms. The van der Waals surface area contributed by atoms with E-state index in [2.05, 4.69) is 45.6 Å². The van der Waals surface area contributed by atoms with Crippen molar-refractivity contribution in [1.82, 2.24) is 14.5 Å². The van der Waals surface area contributed by atoms with Crippen molar-refractivity contribution in [1.29, 1.82) is 0 Å². The highest BCUT2D eigenvalue weighted by Crippen LogP contribution is 2.18. The lowest BCUT2D eigenvalue weighted by molar-refractivity contribution is 0.0911. The van der Waals surface area contributed by atoms with Crippen LogP contribution in [0.5, 0.6) is 0 Å². The topological polar surface area (TPSA) is 41.3 Å². The lowest BCUT2D eigenvalue weighted by Gasteiger charge is -2.30. The van der Waals surface area contributed by atoms with Crippen molar-refractivity contribution >= 4 is 0 Å². The first kappa shape index (κ1) is 15.3. The number of β-amino-alcohol motifs (C(OH)–C–C–N with tert-alkyl or cyclic N) is 1. The number of fused-ring (bicyclic) bond motifs is 1. The Morgan fingerprint density at radius 3 is 2.86 bits per heavy atom. The third-order valence-electron chi connectivity index (χ3n) is 4.36. The fourth-order valence-corrected chi connectivity index (χ4v) is 3.25. The van der Waals surface area contributed by atoms with E-state index < -0.39 is 0 Å². The quantitative estimate of drug-likeness (QED) is 0.889. The molecule has 0 bridgehead atoms. The summed E-state index contributed by atoms with van der Waals surface area (Å²) < 4.78 is 2.09. The van der Waals surface area contributed by atoms with Crippen LogP contribution in [-0.4, -0.2) is 38.8 Å². The molecule has 1 aromatic heterocycles. The Bertz CT molecular complexity index is 608. The molecule has 0 fully saturated rings. The zero-order chi connectivity index (χ0) is 15.4. The smallest absolute Gasteiger partial charge is 0.108 e. The Hall–Kier alpha value is -1.65. The van der Waals surface area contributed by atoms with E-state index in [1.165, 1.54) is 11.1 Å². The third kappa shape index (κ3) is 3.57. The van der Waals surface area contributed by atoms with E-state index in [1.54, 1.807) is 0 Å². The molecule has 4 heteroatoms. The molecule has 1 aliphatic heterocycles. The number of nitrogens with zero attached hydrogens (tertiary/aromatic N) is 3. The molecule has 0 aliphatic carbocycles. The summed E-state index contributed by atoms with van der Waals surface area (Å²) in [6.45, 7) is 5.48. The Morgan fingerprint density at radius 1 is 1.23 bits per heavy atom. The molecular weight excluding hydrogens is 274 g/mol. The number of aliphatic hydroxyl groups is 1. The van der Waals surface area contributed by atoms with Crippen LogP contribution in [0.4, 0.5) is 0 Å². The number of benzene rings is 1. The van der Waals surface area contributed by atoms with Crippen LogP contribution < -0.4 is 0 Å². The zero-order valence-corrected chi connectivity index (χ0v) is 13.3. The van der Waals surface area contributed by atoms with Gasteiger partial charge >= 0.3 is 0 Å². The zero-order valence-electron chi connectivity index (χ0n) is 13.3. The van der Waals surface area contributed by atoms with E-state index in [0.29, 0.717) is 6.54 Å². The van der Waals surface area contributed by atoms with Gasteiger partial charge in [-0.3, -0.25) is 4.90 Å². The summed E-state index contributed by atoms with van der Waals surface area (Å²) in [6.07, 6.45) is 6.58. The normalized spacial score (nSPS) is 16.5. The molecule has 1 atom stereocenters. The Labute approximate surface area is 132 Å². The van der Waals surface area contributed by atoms with E-state index in [0.717, 1.165) is 44.7 Å². The van der Waals surface area contributed by atoms with Gasteiger partial charge in [0.2, 0.25) is 0 Å². The van der Waals surface area contributed by atoms with Gasteiger partial charge in [-0.1, -0.05) is 31.2 Å². The second-order valence-electron chi connectivity index (χ2n) is 6.15. The first-order chi connectivity index (χ1) is 10.8. The van der Waals surface area contributed by atoms with Crippen LogP contribution in [0.15, 0.2) is 36.7 Å². The van der Waals surface area contributed by atoms with Crippen molar-refractivity contribution in [2.75, 3.05) is 13.1 Å². The summed E-state index contributed by atoms with van der Waals surface area (Å²) in [7, 11) is 0. The van der Waals surface area contributed by atoms with E-state index in [1.807, 2.05) is 12.4 Å². The Kier molecular flexibility index (Phi) is 4.90. The SMILES string of the molecule is CCCc1nccn1C[C@@H](O)CN1CCc2ccccc2C1. The van der Waals surface area contributed by atoms with E-state index in [-0.39, 0.29) is 6.10 Å².